The third-order valence-electron chi connectivity index (χ3n) is 3.30. The summed E-state index contributed by atoms with van der Waals surface area (Å²) in [4.78, 5) is 23.4. The fourth-order valence-electron chi connectivity index (χ4n) is 2.11. The van der Waals surface area contributed by atoms with Crippen LogP contribution in [0.2, 0.25) is 0 Å². The third kappa shape index (κ3) is 6.16. The molecule has 9 heteroatoms. The number of anilines is 1. The van der Waals surface area contributed by atoms with Gasteiger partial charge in [0.25, 0.3) is 0 Å². The molecule has 0 radical (unpaired) electrons. The van der Waals surface area contributed by atoms with E-state index in [-0.39, 0.29) is 16.4 Å². The van der Waals surface area contributed by atoms with E-state index in [1.165, 1.54) is 19.3 Å². The first kappa shape index (κ1) is 21.1. The van der Waals surface area contributed by atoms with Gasteiger partial charge in [-0.3, -0.25) is 10.1 Å². The molecular weight excluding hydrogens is 500 g/mol. The number of thiocarbonyl (C=S) groups is 1. The summed E-state index contributed by atoms with van der Waals surface area (Å²) in [5, 5.41) is 14.4. The maximum Gasteiger partial charge on any atom is 0.337 e. The Bertz CT molecular complexity index is 932. The number of hydrogen-bond donors (Lipinski definition) is 3. The topological polar surface area (TPSA) is 87.7 Å². The van der Waals surface area contributed by atoms with Crippen LogP contribution in [0.15, 0.2) is 51.4 Å². The Labute approximate surface area is 177 Å². The minimum absolute atomic E-state index is 0.0179. The lowest BCUT2D eigenvalue weighted by molar-refractivity contribution is -0.115. The zero-order valence-electron chi connectivity index (χ0n) is 14.0. The largest absolute Gasteiger partial charge is 0.496 e. The molecule has 2 rings (SSSR count). The van der Waals surface area contributed by atoms with E-state index in [9.17, 15) is 14.7 Å². The van der Waals surface area contributed by atoms with E-state index in [0.717, 1.165) is 4.47 Å². The molecule has 140 valence electrons. The van der Waals surface area contributed by atoms with Crippen LogP contribution in [0.3, 0.4) is 0 Å². The van der Waals surface area contributed by atoms with Crippen molar-refractivity contribution in [2.24, 2.45) is 0 Å². The van der Waals surface area contributed by atoms with Crippen molar-refractivity contribution in [2.75, 3.05) is 12.4 Å². The van der Waals surface area contributed by atoms with Gasteiger partial charge in [-0.05, 0) is 54.7 Å². The van der Waals surface area contributed by atoms with Crippen LogP contribution >= 0.6 is 44.1 Å². The minimum Gasteiger partial charge on any atom is -0.496 e. The molecule has 0 bridgehead atoms. The molecule has 0 spiro atoms. The average Bonchev–Trinajstić information content (AvgIpc) is 2.61. The van der Waals surface area contributed by atoms with E-state index in [2.05, 4.69) is 42.5 Å². The molecule has 2 aromatic rings. The molecule has 3 N–H and O–H groups in total. The van der Waals surface area contributed by atoms with Crippen molar-refractivity contribution in [3.8, 4) is 5.75 Å². The van der Waals surface area contributed by atoms with E-state index in [0.29, 0.717) is 15.8 Å². The van der Waals surface area contributed by atoms with Crippen LogP contribution in [0.25, 0.3) is 6.08 Å². The number of nitrogens with one attached hydrogen (secondary N) is 2. The predicted molar refractivity (Wildman–Crippen MR) is 115 cm³/mol. The fraction of sp³-hybridized carbons (Fsp3) is 0.0556. The van der Waals surface area contributed by atoms with Gasteiger partial charge >= 0.3 is 5.97 Å². The lowest BCUT2D eigenvalue weighted by atomic mass is 10.2. The highest BCUT2D eigenvalue weighted by atomic mass is 79.9. The molecule has 0 aliphatic rings. The molecule has 0 heterocycles. The third-order valence-corrected chi connectivity index (χ3v) is 4.49. The van der Waals surface area contributed by atoms with Gasteiger partial charge in [-0.25, -0.2) is 4.79 Å². The zero-order valence-corrected chi connectivity index (χ0v) is 17.9. The normalized spacial score (nSPS) is 10.5. The molecule has 2 aromatic carbocycles. The van der Waals surface area contributed by atoms with Crippen LogP contribution in [-0.2, 0) is 4.79 Å². The van der Waals surface area contributed by atoms with Crippen LogP contribution in [0.1, 0.15) is 15.9 Å². The molecule has 0 aromatic heterocycles. The first-order valence-electron chi connectivity index (χ1n) is 7.46. The molecule has 0 atom stereocenters. The fourth-order valence-corrected chi connectivity index (χ4v) is 3.06. The van der Waals surface area contributed by atoms with Gasteiger partial charge in [0.15, 0.2) is 5.11 Å². The quantitative estimate of drug-likeness (QED) is 0.404. The highest BCUT2D eigenvalue weighted by Gasteiger charge is 2.12. The lowest BCUT2D eigenvalue weighted by Crippen LogP contribution is -2.33. The number of carboxylic acids is 1. The second-order valence-electron chi connectivity index (χ2n) is 5.16. The maximum absolute atomic E-state index is 12.1. The summed E-state index contributed by atoms with van der Waals surface area (Å²) < 4.78 is 6.70. The van der Waals surface area contributed by atoms with Crippen molar-refractivity contribution in [1.82, 2.24) is 5.32 Å². The van der Waals surface area contributed by atoms with Gasteiger partial charge in [0.1, 0.15) is 5.75 Å². The van der Waals surface area contributed by atoms with Gasteiger partial charge in [-0.15, -0.1) is 0 Å². The summed E-state index contributed by atoms with van der Waals surface area (Å²) in [6.07, 6.45) is 2.89. The van der Waals surface area contributed by atoms with Gasteiger partial charge in [0.2, 0.25) is 5.91 Å². The van der Waals surface area contributed by atoms with Crippen molar-refractivity contribution in [3.63, 3.8) is 0 Å². The highest BCUT2D eigenvalue weighted by molar-refractivity contribution is 9.10. The summed E-state index contributed by atoms with van der Waals surface area (Å²) in [6.45, 7) is 0. The lowest BCUT2D eigenvalue weighted by Gasteiger charge is -2.11. The standard InChI is InChI=1S/C18H14Br2N2O4S/c1-26-15-6-4-11(19)8-10(15)2-7-16(23)22-18(27)21-14-5-3-12(20)9-13(14)17(24)25/h2-9H,1H3,(H,24,25)(H2,21,22,23,27)/b7-2+. The molecule has 0 aliphatic heterocycles. The zero-order chi connectivity index (χ0) is 20.0. The summed E-state index contributed by atoms with van der Waals surface area (Å²) in [6, 6.07) is 10.1. The Morgan fingerprint density at radius 2 is 1.81 bits per heavy atom. The monoisotopic (exact) mass is 512 g/mol. The van der Waals surface area contributed by atoms with E-state index >= 15 is 0 Å². The number of ether oxygens (including phenoxy) is 1. The van der Waals surface area contributed by atoms with Gasteiger partial charge in [0.05, 0.1) is 18.4 Å². The molecule has 0 saturated heterocycles. The molecule has 6 nitrogen and oxygen atoms in total. The smallest absolute Gasteiger partial charge is 0.337 e. The van der Waals surface area contributed by atoms with E-state index in [1.807, 2.05) is 6.07 Å². The van der Waals surface area contributed by atoms with Gasteiger partial charge < -0.3 is 15.2 Å². The molecule has 0 unspecified atom stereocenters. The second kappa shape index (κ2) is 9.63. The Balaban J connectivity index is 2.06. The predicted octanol–water partition coefficient (Wildman–Crippen LogP) is 4.44. The number of carbonyl (C=O) groups is 2. The maximum atomic E-state index is 12.1. The Morgan fingerprint density at radius 3 is 2.48 bits per heavy atom. The van der Waals surface area contributed by atoms with Crippen molar-refractivity contribution in [2.45, 2.75) is 0 Å². The van der Waals surface area contributed by atoms with Gasteiger partial charge in [-0.2, -0.15) is 0 Å². The van der Waals surface area contributed by atoms with Crippen molar-refractivity contribution < 1.29 is 19.4 Å². The Morgan fingerprint density at radius 1 is 1.15 bits per heavy atom. The SMILES string of the molecule is COc1ccc(Br)cc1/C=C/C(=O)NC(=S)Nc1ccc(Br)cc1C(=O)O. The Kier molecular flexibility index (Phi) is 7.52. The van der Waals surface area contributed by atoms with Crippen LogP contribution < -0.4 is 15.4 Å². The second-order valence-corrected chi connectivity index (χ2v) is 7.40. The Hall–Kier alpha value is -2.23. The summed E-state index contributed by atoms with van der Waals surface area (Å²) in [7, 11) is 1.54. The number of halogens is 2. The average molecular weight is 514 g/mol. The van der Waals surface area contributed by atoms with E-state index in [1.54, 1.807) is 30.3 Å². The molecule has 0 fully saturated rings. The molecule has 0 aliphatic carbocycles. The van der Waals surface area contributed by atoms with Crippen molar-refractivity contribution >= 4 is 72.8 Å². The number of benzene rings is 2. The molecule has 27 heavy (non-hydrogen) atoms. The number of amides is 1. The van der Waals surface area contributed by atoms with Crippen LogP contribution in [0.4, 0.5) is 5.69 Å². The number of aromatic carboxylic acids is 1. The minimum atomic E-state index is -1.12. The van der Waals surface area contributed by atoms with Gasteiger partial charge in [0, 0.05) is 20.6 Å². The first-order valence-corrected chi connectivity index (χ1v) is 9.46. The van der Waals surface area contributed by atoms with Gasteiger partial charge in [-0.1, -0.05) is 31.9 Å². The van der Waals surface area contributed by atoms with Crippen molar-refractivity contribution in [1.29, 1.82) is 0 Å². The van der Waals surface area contributed by atoms with Crippen molar-refractivity contribution in [3.05, 3.63) is 62.5 Å². The number of carboxylic acid groups (broad SMARTS) is 1. The molecular formula is C18H14Br2N2O4S. The van der Waals surface area contributed by atoms with Crippen LogP contribution in [0.5, 0.6) is 5.75 Å². The summed E-state index contributed by atoms with van der Waals surface area (Å²) in [5.74, 6) is -0.970. The number of methoxy groups -OCH3 is 1. The highest BCUT2D eigenvalue weighted by Crippen LogP contribution is 2.24. The molecule has 1 amide bonds. The number of rotatable bonds is 5. The van der Waals surface area contributed by atoms with Crippen LogP contribution in [0, 0.1) is 0 Å². The first-order chi connectivity index (χ1) is 12.8. The number of hydrogen-bond acceptors (Lipinski definition) is 4. The number of carbonyl (C=O) groups excluding carboxylic acids is 1. The van der Waals surface area contributed by atoms with E-state index in [4.69, 9.17) is 17.0 Å². The van der Waals surface area contributed by atoms with E-state index < -0.39 is 11.9 Å². The van der Waals surface area contributed by atoms with Crippen LogP contribution in [-0.4, -0.2) is 29.2 Å². The summed E-state index contributed by atoms with van der Waals surface area (Å²) in [5.41, 5.74) is 1.01. The molecule has 0 saturated carbocycles. The summed E-state index contributed by atoms with van der Waals surface area (Å²) >= 11 is 11.7.